The predicted octanol–water partition coefficient (Wildman–Crippen LogP) is 4.95. The summed E-state index contributed by atoms with van der Waals surface area (Å²) >= 11 is 0. The molecule has 0 aliphatic heterocycles. The number of nitriles is 1. The molecule has 2 aromatic carbocycles. The molecule has 3 aromatic rings. The first-order valence-corrected chi connectivity index (χ1v) is 10.1. The van der Waals surface area contributed by atoms with E-state index >= 15 is 0 Å². The molecule has 8 nitrogen and oxygen atoms in total. The van der Waals surface area contributed by atoms with Gasteiger partial charge >= 0.3 is 6.09 Å². The van der Waals surface area contributed by atoms with Crippen molar-refractivity contribution >= 4 is 6.09 Å². The second-order valence-corrected chi connectivity index (χ2v) is 8.77. The average Bonchev–Trinajstić information content (AvgIpc) is 3.21. The van der Waals surface area contributed by atoms with Crippen molar-refractivity contribution in [1.29, 1.82) is 5.26 Å². The molecule has 3 rings (SSSR count). The van der Waals surface area contributed by atoms with E-state index in [4.69, 9.17) is 19.3 Å². The molecule has 0 atom stereocenters. The number of amides is 1. The second kappa shape index (κ2) is 9.10. The van der Waals surface area contributed by atoms with Gasteiger partial charge in [0.1, 0.15) is 16.9 Å². The SMILES string of the molecule is CC(C)(C)OC(=O)NC(C)(C)c1noc(COc2ccc(-c3ccc(C#N)cc3)cc2)n1. The summed E-state index contributed by atoms with van der Waals surface area (Å²) in [5, 5.41) is 15.6. The smallest absolute Gasteiger partial charge is 0.408 e. The standard InChI is InChI=1S/C24H26N4O4/c1-23(2,3)31-22(29)27-24(4,5)21-26-20(32-28-21)15-30-19-12-10-18(11-13-19)17-8-6-16(14-25)7-9-17/h6-13H,15H2,1-5H3,(H,27,29). The first kappa shape index (κ1) is 22.8. The van der Waals surface area contributed by atoms with Crippen LogP contribution in [-0.4, -0.2) is 21.8 Å². The number of carbonyl (C=O) groups excluding carboxylic acids is 1. The number of alkyl carbamates (subject to hydrolysis) is 1. The number of carbonyl (C=O) groups is 1. The summed E-state index contributed by atoms with van der Waals surface area (Å²) in [5.41, 5.74) is 1.16. The van der Waals surface area contributed by atoms with Crippen molar-refractivity contribution in [3.8, 4) is 22.9 Å². The van der Waals surface area contributed by atoms with E-state index < -0.39 is 17.2 Å². The summed E-state index contributed by atoms with van der Waals surface area (Å²) in [6.45, 7) is 8.98. The molecule has 32 heavy (non-hydrogen) atoms. The lowest BCUT2D eigenvalue weighted by atomic mass is 10.0. The normalized spacial score (nSPS) is 11.5. The fourth-order valence-electron chi connectivity index (χ4n) is 2.81. The van der Waals surface area contributed by atoms with Gasteiger partial charge in [-0.05, 0) is 70.0 Å². The van der Waals surface area contributed by atoms with Crippen LogP contribution in [0, 0.1) is 11.3 Å². The molecule has 1 aromatic heterocycles. The van der Waals surface area contributed by atoms with E-state index in [1.807, 2.05) is 36.4 Å². The van der Waals surface area contributed by atoms with Gasteiger partial charge in [0, 0.05) is 0 Å². The van der Waals surface area contributed by atoms with E-state index in [2.05, 4.69) is 21.5 Å². The number of rotatable bonds is 6. The highest BCUT2D eigenvalue weighted by Gasteiger charge is 2.31. The molecule has 0 unspecified atom stereocenters. The Hall–Kier alpha value is -3.86. The minimum atomic E-state index is -0.882. The molecule has 1 heterocycles. The Kier molecular flexibility index (Phi) is 6.49. The molecule has 0 saturated carbocycles. The van der Waals surface area contributed by atoms with E-state index in [1.54, 1.807) is 46.8 Å². The van der Waals surface area contributed by atoms with Crippen LogP contribution < -0.4 is 10.1 Å². The van der Waals surface area contributed by atoms with Gasteiger partial charge in [0.2, 0.25) is 0 Å². The third-order valence-electron chi connectivity index (χ3n) is 4.40. The summed E-state index contributed by atoms with van der Waals surface area (Å²) in [6, 6.07) is 17.0. The summed E-state index contributed by atoms with van der Waals surface area (Å²) in [6.07, 6.45) is -0.563. The number of ether oxygens (including phenoxy) is 2. The molecule has 0 fully saturated rings. The Bertz CT molecular complexity index is 1100. The van der Waals surface area contributed by atoms with E-state index in [9.17, 15) is 4.79 Å². The Morgan fingerprint density at radius 3 is 2.19 bits per heavy atom. The third-order valence-corrected chi connectivity index (χ3v) is 4.40. The maximum absolute atomic E-state index is 12.1. The van der Waals surface area contributed by atoms with Crippen LogP contribution in [0.1, 0.15) is 51.9 Å². The zero-order valence-electron chi connectivity index (χ0n) is 18.8. The van der Waals surface area contributed by atoms with Crippen molar-refractivity contribution in [2.75, 3.05) is 0 Å². The van der Waals surface area contributed by atoms with Gasteiger partial charge in [-0.2, -0.15) is 10.2 Å². The number of hydrogen-bond donors (Lipinski definition) is 1. The quantitative estimate of drug-likeness (QED) is 0.584. The van der Waals surface area contributed by atoms with Gasteiger partial charge < -0.3 is 19.3 Å². The fraction of sp³-hybridized carbons (Fsp3) is 0.333. The maximum atomic E-state index is 12.1. The van der Waals surface area contributed by atoms with Gasteiger partial charge in [-0.1, -0.05) is 29.4 Å². The Balaban J connectivity index is 1.58. The number of nitrogens with zero attached hydrogens (tertiary/aromatic N) is 3. The van der Waals surface area contributed by atoms with Crippen molar-refractivity contribution in [1.82, 2.24) is 15.5 Å². The zero-order valence-corrected chi connectivity index (χ0v) is 18.8. The average molecular weight is 434 g/mol. The number of hydrogen-bond acceptors (Lipinski definition) is 7. The van der Waals surface area contributed by atoms with Crippen LogP contribution in [0.15, 0.2) is 53.1 Å². The molecular formula is C24H26N4O4. The van der Waals surface area contributed by atoms with Crippen LogP contribution >= 0.6 is 0 Å². The van der Waals surface area contributed by atoms with Gasteiger partial charge in [0.05, 0.1) is 11.6 Å². The molecule has 0 radical (unpaired) electrons. The molecule has 1 N–H and O–H groups in total. The molecule has 0 bridgehead atoms. The van der Waals surface area contributed by atoms with E-state index in [0.29, 0.717) is 17.1 Å². The van der Waals surface area contributed by atoms with Crippen molar-refractivity contribution in [3.05, 3.63) is 65.8 Å². The van der Waals surface area contributed by atoms with Crippen LogP contribution in [0.2, 0.25) is 0 Å². The Morgan fingerprint density at radius 1 is 1.03 bits per heavy atom. The molecule has 0 aliphatic carbocycles. The first-order chi connectivity index (χ1) is 15.1. The molecular weight excluding hydrogens is 408 g/mol. The molecule has 0 aliphatic rings. The lowest BCUT2D eigenvalue weighted by Gasteiger charge is -2.26. The van der Waals surface area contributed by atoms with Crippen LogP contribution in [0.4, 0.5) is 4.79 Å². The second-order valence-electron chi connectivity index (χ2n) is 8.77. The molecule has 0 spiro atoms. The summed E-state index contributed by atoms with van der Waals surface area (Å²) in [4.78, 5) is 16.4. The van der Waals surface area contributed by atoms with Crippen LogP contribution in [0.5, 0.6) is 5.75 Å². The Labute approximate surface area is 187 Å². The predicted molar refractivity (Wildman–Crippen MR) is 118 cm³/mol. The number of benzene rings is 2. The molecule has 166 valence electrons. The van der Waals surface area contributed by atoms with Crippen molar-refractivity contribution < 1.29 is 18.8 Å². The minimum absolute atomic E-state index is 0.0890. The molecule has 1 amide bonds. The van der Waals surface area contributed by atoms with Crippen LogP contribution in [-0.2, 0) is 16.9 Å². The fourth-order valence-corrected chi connectivity index (χ4v) is 2.81. The van der Waals surface area contributed by atoms with E-state index in [-0.39, 0.29) is 12.5 Å². The highest BCUT2D eigenvalue weighted by molar-refractivity contribution is 5.68. The van der Waals surface area contributed by atoms with Crippen LogP contribution in [0.25, 0.3) is 11.1 Å². The topological polar surface area (TPSA) is 110 Å². The maximum Gasteiger partial charge on any atom is 0.408 e. The summed E-state index contributed by atoms with van der Waals surface area (Å²) in [7, 11) is 0. The van der Waals surface area contributed by atoms with Gasteiger partial charge in [-0.3, -0.25) is 0 Å². The lowest BCUT2D eigenvalue weighted by molar-refractivity contribution is 0.0465. The van der Waals surface area contributed by atoms with Crippen molar-refractivity contribution in [2.24, 2.45) is 0 Å². The van der Waals surface area contributed by atoms with Crippen molar-refractivity contribution in [3.63, 3.8) is 0 Å². The summed E-state index contributed by atoms with van der Waals surface area (Å²) < 4.78 is 16.3. The molecule has 8 heteroatoms. The minimum Gasteiger partial charge on any atom is -0.484 e. The number of nitrogens with one attached hydrogen (secondary N) is 1. The van der Waals surface area contributed by atoms with Gasteiger partial charge in [0.15, 0.2) is 12.4 Å². The van der Waals surface area contributed by atoms with E-state index in [0.717, 1.165) is 11.1 Å². The van der Waals surface area contributed by atoms with Crippen LogP contribution in [0.3, 0.4) is 0 Å². The number of aromatic nitrogens is 2. The Morgan fingerprint density at radius 2 is 1.62 bits per heavy atom. The van der Waals surface area contributed by atoms with Gasteiger partial charge in [-0.25, -0.2) is 4.79 Å². The first-order valence-electron chi connectivity index (χ1n) is 10.1. The highest BCUT2D eigenvalue weighted by atomic mass is 16.6. The third kappa shape index (κ3) is 6.08. The monoisotopic (exact) mass is 434 g/mol. The molecule has 0 saturated heterocycles. The zero-order chi connectivity index (χ0) is 23.4. The highest BCUT2D eigenvalue weighted by Crippen LogP contribution is 2.24. The van der Waals surface area contributed by atoms with Crippen molar-refractivity contribution in [2.45, 2.75) is 52.4 Å². The van der Waals surface area contributed by atoms with Gasteiger partial charge in [0.25, 0.3) is 5.89 Å². The van der Waals surface area contributed by atoms with E-state index in [1.165, 1.54) is 0 Å². The van der Waals surface area contributed by atoms with Gasteiger partial charge in [-0.15, -0.1) is 0 Å². The summed E-state index contributed by atoms with van der Waals surface area (Å²) in [5.74, 6) is 1.25. The lowest BCUT2D eigenvalue weighted by Crippen LogP contribution is -2.44. The largest absolute Gasteiger partial charge is 0.484 e.